The molecule has 7 fully saturated rings. The highest BCUT2D eigenvalue weighted by Gasteiger charge is 2.48. The summed E-state index contributed by atoms with van der Waals surface area (Å²) in [5.41, 5.74) is 6.29. The van der Waals surface area contributed by atoms with E-state index in [-0.39, 0.29) is 64.5 Å². The minimum absolute atomic E-state index is 0. The molecule has 5 saturated carbocycles. The minimum atomic E-state index is -4.88. The van der Waals surface area contributed by atoms with Crippen LogP contribution in [0.15, 0.2) is 72.8 Å². The molecule has 5 heterocycles. The zero-order chi connectivity index (χ0) is 77.8. The van der Waals surface area contributed by atoms with Gasteiger partial charge in [0.1, 0.15) is 34.1 Å². The standard InChI is InChI=1S/C27H33F6N3O3.C17H17F6N3.C11H4ClF6N.C10H16O4.C6H14N2.H2/c1-24(2)15-37-25(39-38-24)12-10-18(11-13-25)34-16-6-8-17(9-7-16)35-21-14-22(27(31,32)33)36-23-19(21)4-3-5-20(23)26(28,29)30;18-16(19,20)12-3-1-2-11-13(25-10-6-4-9(24)5-7-10)8-14(17(21,22)23)26-15(11)12;12-7-4-8(11(16,17)18)19-9-5(7)2-1-3-6(9)10(13,14)15;1-9(2)7-12-10(14-13-9)5-3-8(11)4-6-10;7-5-1-2-6(8)4-3-5;/h3-5,14,16-18,34H,6-13,15H2,1-2H3,(H,35,36);1-3,8-10H,4-7,24H2,(H,25,26);1-4H;3-7H2,1-2H3;5-6H,1-4,7-8H2;1H/i;;;;;1+1. The Morgan fingerprint density at radius 1 is 0.415 bits per heavy atom. The van der Waals surface area contributed by atoms with Crippen LogP contribution in [0.5, 0.6) is 0 Å². The Morgan fingerprint density at radius 2 is 0.726 bits per heavy atom. The minimum Gasteiger partial charge on any atom is -0.382 e. The number of Topliss-reactive ketones (excluding diaryl/α,β-unsaturated/α-hetero) is 1. The summed E-state index contributed by atoms with van der Waals surface area (Å²) in [4.78, 5) is 42.4. The number of hydrogen-bond donors (Lipinski definition) is 6. The number of benzene rings is 3. The predicted octanol–water partition coefficient (Wildman–Crippen LogP) is 18.9. The van der Waals surface area contributed by atoms with E-state index in [9.17, 15) is 83.8 Å². The van der Waals surface area contributed by atoms with Gasteiger partial charge in [-0.25, -0.2) is 34.5 Å². The van der Waals surface area contributed by atoms with Gasteiger partial charge in [0.25, 0.3) is 0 Å². The molecule has 6 aromatic rings. The molecule has 3 aromatic heterocycles. The number of carbonyl (C=O) groups is 1. The molecule has 5 aliphatic carbocycles. The lowest BCUT2D eigenvalue weighted by Crippen LogP contribution is -2.53. The second-order valence-corrected chi connectivity index (χ2v) is 29.5. The summed E-state index contributed by atoms with van der Waals surface area (Å²) < 4.78 is 248. The highest BCUT2D eigenvalue weighted by atomic mass is 35.5. The summed E-state index contributed by atoms with van der Waals surface area (Å²) >= 11 is 5.58. The maximum atomic E-state index is 13.5. The molecule has 35 heteroatoms. The number of rotatable bonds is 6. The van der Waals surface area contributed by atoms with Gasteiger partial charge in [-0.2, -0.15) is 79.0 Å². The molecule has 590 valence electrons. The Labute approximate surface area is 604 Å². The highest BCUT2D eigenvalue weighted by Crippen LogP contribution is 2.46. The van der Waals surface area contributed by atoms with Crippen molar-refractivity contribution in [3.8, 4) is 0 Å². The molecule has 0 radical (unpaired) electrons. The van der Waals surface area contributed by atoms with E-state index < -0.39 is 110 Å². The van der Waals surface area contributed by atoms with Crippen molar-refractivity contribution in [2.45, 2.75) is 258 Å². The molecule has 9 N–H and O–H groups in total. The average Bonchev–Trinajstić information content (AvgIpc) is 0.770. The molecule has 2 saturated heterocycles. The van der Waals surface area contributed by atoms with E-state index in [0.29, 0.717) is 121 Å². The van der Waals surface area contributed by atoms with Crippen molar-refractivity contribution >= 4 is 61.5 Å². The van der Waals surface area contributed by atoms with Crippen LogP contribution in [0.1, 0.15) is 191 Å². The first-order chi connectivity index (χ1) is 49.2. The molecular formula is C71H86ClF18N9O7. The number of nitrogens with zero attached hydrogens (tertiary/aromatic N) is 3. The normalized spacial score (nSPS) is 25.8. The SMILES string of the molecule is CC1(C)COC2(CCC(=O)CC2)OO1.CC1(C)COC2(CCC(NC3CCC(Nc4cc(C(F)(F)F)nc5c(C(F)(F)F)cccc45)CC3)CC2)OO1.FC(F)(F)c1cc(Cl)c2cccc(C(F)(F)F)c2n1.NC1CCC(N)CC1.NC1CCC(Nc2cc(C(F)(F)F)nc3c(C(F)(F)F)cccc23)CC1.[2HH]. The van der Waals surface area contributed by atoms with E-state index >= 15 is 0 Å². The van der Waals surface area contributed by atoms with Gasteiger partial charge in [-0.1, -0.05) is 48.0 Å². The summed E-state index contributed by atoms with van der Waals surface area (Å²) in [5, 5.41) is 9.21. The molecule has 13 rings (SSSR count). The van der Waals surface area contributed by atoms with Crippen molar-refractivity contribution < 1.29 is 114 Å². The molecule has 106 heavy (non-hydrogen) atoms. The molecule has 3 aromatic carbocycles. The van der Waals surface area contributed by atoms with Gasteiger partial charge in [-0.05, 0) is 154 Å². The van der Waals surface area contributed by atoms with Crippen LogP contribution in [0.4, 0.5) is 90.4 Å². The van der Waals surface area contributed by atoms with E-state index in [1.165, 1.54) is 30.3 Å². The number of fused-ring (bicyclic) bond motifs is 3. The number of aromatic nitrogens is 3. The van der Waals surface area contributed by atoms with Gasteiger partial charge in [0.15, 0.2) is 0 Å². The first-order valence-corrected chi connectivity index (χ1v) is 35.1. The first kappa shape index (κ1) is 83.8. The van der Waals surface area contributed by atoms with Crippen molar-refractivity contribution in [1.29, 1.82) is 0 Å². The monoisotopic (exact) mass is 1550 g/mol. The Balaban J connectivity index is 0.000000183. The number of anilines is 2. The Kier molecular flexibility index (Phi) is 26.2. The van der Waals surface area contributed by atoms with E-state index in [1.54, 1.807) is 0 Å². The highest BCUT2D eigenvalue weighted by molar-refractivity contribution is 6.35. The topological polar surface area (TPSA) is 225 Å². The van der Waals surface area contributed by atoms with Gasteiger partial charge in [0, 0.05) is 110 Å². The summed E-state index contributed by atoms with van der Waals surface area (Å²) in [6.45, 7) is 8.62. The third kappa shape index (κ3) is 22.5. The molecule has 0 bridgehead atoms. The van der Waals surface area contributed by atoms with Crippen molar-refractivity contribution in [3.63, 3.8) is 0 Å². The Hall–Kier alpha value is -6.21. The van der Waals surface area contributed by atoms with Crippen molar-refractivity contribution in [2.24, 2.45) is 17.2 Å². The van der Waals surface area contributed by atoms with E-state index in [2.05, 4.69) is 30.9 Å². The molecule has 0 atom stereocenters. The lowest BCUT2D eigenvalue weighted by Gasteiger charge is -2.45. The fourth-order valence-electron chi connectivity index (χ4n) is 13.3. The Bertz CT molecular complexity index is 3920. The van der Waals surface area contributed by atoms with Crippen LogP contribution in [-0.2, 0) is 70.9 Å². The molecule has 0 unspecified atom stereocenters. The molecule has 2 aliphatic heterocycles. The second kappa shape index (κ2) is 33.2. The van der Waals surface area contributed by atoms with Gasteiger partial charge < -0.3 is 42.6 Å². The fourth-order valence-corrected chi connectivity index (χ4v) is 13.6. The van der Waals surface area contributed by atoms with Crippen LogP contribution in [-0.4, -0.2) is 99.0 Å². The van der Waals surface area contributed by atoms with Gasteiger partial charge in [0.2, 0.25) is 11.6 Å². The maximum Gasteiger partial charge on any atom is 0.433 e. The number of ketones is 1. The van der Waals surface area contributed by atoms with E-state index in [1.807, 2.05) is 27.7 Å². The third-order valence-electron chi connectivity index (χ3n) is 19.3. The number of hydrogen-bond acceptors (Lipinski definition) is 16. The van der Waals surface area contributed by atoms with Crippen LogP contribution >= 0.6 is 11.6 Å². The van der Waals surface area contributed by atoms with Crippen LogP contribution in [0, 0.1) is 0 Å². The smallest absolute Gasteiger partial charge is 0.382 e. The number of carbonyl (C=O) groups excluding carboxylic acids is 1. The van der Waals surface area contributed by atoms with Crippen molar-refractivity contribution in [2.75, 3.05) is 23.8 Å². The summed E-state index contributed by atoms with van der Waals surface area (Å²) in [5.74, 6) is -1.06. The van der Waals surface area contributed by atoms with Crippen molar-refractivity contribution in [1.82, 2.24) is 20.3 Å². The van der Waals surface area contributed by atoms with Crippen LogP contribution in [0.25, 0.3) is 32.7 Å². The van der Waals surface area contributed by atoms with Gasteiger partial charge in [0.05, 0.1) is 51.5 Å². The van der Waals surface area contributed by atoms with E-state index in [0.717, 1.165) is 81.7 Å². The molecule has 7 aliphatic rings. The summed E-state index contributed by atoms with van der Waals surface area (Å²) in [6, 6.07) is 12.7. The predicted molar refractivity (Wildman–Crippen MR) is 359 cm³/mol. The van der Waals surface area contributed by atoms with E-state index in [4.69, 9.17) is 57.8 Å². The number of pyridine rings is 3. The average molecular weight is 1560 g/mol. The fraction of sp³-hybridized carbons (Fsp3) is 0.606. The van der Waals surface area contributed by atoms with Gasteiger partial charge in [-0.3, -0.25) is 4.79 Å². The quantitative estimate of drug-likeness (QED) is 0.0673. The summed E-state index contributed by atoms with van der Waals surface area (Å²) in [7, 11) is 0. The number of para-hydroxylation sites is 3. The molecule has 2 spiro atoms. The third-order valence-corrected chi connectivity index (χ3v) is 19.6. The van der Waals surface area contributed by atoms with Crippen LogP contribution in [0.3, 0.4) is 0 Å². The molecule has 0 amide bonds. The lowest BCUT2D eigenvalue weighted by molar-refractivity contribution is -0.511. The number of nitrogens with one attached hydrogen (secondary N) is 3. The number of nitrogens with two attached hydrogens (primary N) is 3. The number of halogens is 19. The first-order valence-electron chi connectivity index (χ1n) is 34.7. The Morgan fingerprint density at radius 3 is 1.08 bits per heavy atom. The molecule has 16 nitrogen and oxygen atoms in total. The number of alkyl halides is 18. The number of ether oxygens (including phenoxy) is 2. The summed E-state index contributed by atoms with van der Waals surface area (Å²) in [6.07, 6.45) is -13.4. The largest absolute Gasteiger partial charge is 0.433 e. The second-order valence-electron chi connectivity index (χ2n) is 29.0. The molecular weight excluding hydrogens is 1470 g/mol. The van der Waals surface area contributed by atoms with Crippen molar-refractivity contribution in [3.05, 3.63) is 112 Å². The van der Waals surface area contributed by atoms with Crippen LogP contribution < -0.4 is 33.2 Å². The zero-order valence-corrected chi connectivity index (χ0v) is 58.9. The van der Waals surface area contributed by atoms with Gasteiger partial charge in [-0.15, -0.1) is 0 Å². The van der Waals surface area contributed by atoms with Crippen LogP contribution in [0.2, 0.25) is 5.02 Å². The zero-order valence-electron chi connectivity index (χ0n) is 58.1. The lowest BCUT2D eigenvalue weighted by atomic mass is 9.86. The maximum absolute atomic E-state index is 13.5. The van der Waals surface area contributed by atoms with Gasteiger partial charge >= 0.3 is 37.1 Å².